The lowest BCUT2D eigenvalue weighted by Crippen LogP contribution is -2.50. The van der Waals surface area contributed by atoms with Gasteiger partial charge < -0.3 is 14.5 Å². The van der Waals surface area contributed by atoms with Crippen molar-refractivity contribution in [3.05, 3.63) is 30.0 Å². The van der Waals surface area contributed by atoms with E-state index in [2.05, 4.69) is 31.0 Å². The fraction of sp³-hybridized carbons (Fsp3) is 0.562. The van der Waals surface area contributed by atoms with E-state index in [0.29, 0.717) is 0 Å². The van der Waals surface area contributed by atoms with Gasteiger partial charge in [-0.1, -0.05) is 11.3 Å². The molecule has 1 atom stereocenters. The molecule has 0 unspecified atom stereocenters. The van der Waals surface area contributed by atoms with Gasteiger partial charge in [0.2, 0.25) is 5.13 Å². The van der Waals surface area contributed by atoms with E-state index in [0.717, 1.165) is 44.5 Å². The molecule has 23 heavy (non-hydrogen) atoms. The maximum atomic E-state index is 5.98. The first-order chi connectivity index (χ1) is 11.3. The zero-order valence-electron chi connectivity index (χ0n) is 13.1. The minimum absolute atomic E-state index is 0.149. The second-order valence-electron chi connectivity index (χ2n) is 6.43. The Labute approximate surface area is 140 Å². The molecule has 0 aromatic carbocycles. The SMILES string of the molecule is c1cncc(N2CCOC[C@]3(CCCN(c4nncs4)C3)C2)c1. The Morgan fingerprint density at radius 1 is 1.22 bits per heavy atom. The summed E-state index contributed by atoms with van der Waals surface area (Å²) in [5.41, 5.74) is 3.14. The van der Waals surface area contributed by atoms with Crippen molar-refractivity contribution in [2.75, 3.05) is 49.2 Å². The van der Waals surface area contributed by atoms with Crippen molar-refractivity contribution < 1.29 is 4.74 Å². The number of piperidine rings is 1. The van der Waals surface area contributed by atoms with Gasteiger partial charge in [0, 0.05) is 37.8 Å². The van der Waals surface area contributed by atoms with Gasteiger partial charge in [0.1, 0.15) is 5.51 Å². The third-order valence-electron chi connectivity index (χ3n) is 4.73. The first-order valence-electron chi connectivity index (χ1n) is 8.09. The molecular weight excluding hydrogens is 310 g/mol. The van der Waals surface area contributed by atoms with E-state index in [1.807, 2.05) is 24.0 Å². The summed E-state index contributed by atoms with van der Waals surface area (Å²) >= 11 is 1.62. The van der Waals surface area contributed by atoms with Crippen molar-refractivity contribution in [1.29, 1.82) is 0 Å². The molecule has 0 bridgehead atoms. The second kappa shape index (κ2) is 6.41. The number of aromatic nitrogens is 3. The summed E-state index contributed by atoms with van der Waals surface area (Å²) in [6.45, 7) is 5.57. The van der Waals surface area contributed by atoms with E-state index < -0.39 is 0 Å². The summed E-state index contributed by atoms with van der Waals surface area (Å²) in [4.78, 5) is 9.06. The van der Waals surface area contributed by atoms with Gasteiger partial charge in [0.15, 0.2) is 0 Å². The second-order valence-corrected chi connectivity index (χ2v) is 7.24. The predicted octanol–water partition coefficient (Wildman–Crippen LogP) is 2.06. The number of pyridine rings is 1. The molecule has 0 radical (unpaired) electrons. The Balaban J connectivity index is 1.56. The molecule has 4 rings (SSSR count). The third kappa shape index (κ3) is 3.16. The molecule has 2 saturated heterocycles. The molecule has 0 aliphatic carbocycles. The lowest BCUT2D eigenvalue weighted by molar-refractivity contribution is 0.0598. The normalized spacial score (nSPS) is 25.6. The first-order valence-corrected chi connectivity index (χ1v) is 8.97. The number of hydrogen-bond donors (Lipinski definition) is 0. The molecule has 6 nitrogen and oxygen atoms in total. The molecule has 0 amide bonds. The van der Waals surface area contributed by atoms with Crippen molar-refractivity contribution in [2.45, 2.75) is 12.8 Å². The lowest BCUT2D eigenvalue weighted by atomic mass is 9.80. The van der Waals surface area contributed by atoms with Crippen LogP contribution in [0.5, 0.6) is 0 Å². The summed E-state index contributed by atoms with van der Waals surface area (Å²) in [6.07, 6.45) is 6.14. The van der Waals surface area contributed by atoms with Crippen LogP contribution in [-0.4, -0.2) is 54.6 Å². The first kappa shape index (κ1) is 14.8. The van der Waals surface area contributed by atoms with Crippen LogP contribution in [0.4, 0.5) is 10.8 Å². The molecular formula is C16H21N5OS. The van der Waals surface area contributed by atoms with Gasteiger partial charge in [-0.05, 0) is 25.0 Å². The molecule has 2 aromatic rings. The topological polar surface area (TPSA) is 54.4 Å². The van der Waals surface area contributed by atoms with Gasteiger partial charge in [0.05, 0.1) is 25.1 Å². The third-order valence-corrected chi connectivity index (χ3v) is 5.48. The van der Waals surface area contributed by atoms with E-state index in [1.165, 1.54) is 18.5 Å². The average molecular weight is 331 g/mol. The zero-order chi connectivity index (χ0) is 15.5. The van der Waals surface area contributed by atoms with E-state index in [9.17, 15) is 0 Å². The molecule has 0 saturated carbocycles. The van der Waals surface area contributed by atoms with Crippen LogP contribution in [0.2, 0.25) is 0 Å². The smallest absolute Gasteiger partial charge is 0.208 e. The highest BCUT2D eigenvalue weighted by Crippen LogP contribution is 2.36. The highest BCUT2D eigenvalue weighted by Gasteiger charge is 2.39. The van der Waals surface area contributed by atoms with Crippen LogP contribution in [0.1, 0.15) is 12.8 Å². The fourth-order valence-electron chi connectivity index (χ4n) is 3.68. The highest BCUT2D eigenvalue weighted by molar-refractivity contribution is 7.13. The molecule has 122 valence electrons. The van der Waals surface area contributed by atoms with Crippen LogP contribution in [0, 0.1) is 5.41 Å². The number of ether oxygens (including phenoxy) is 1. The molecule has 7 heteroatoms. The minimum Gasteiger partial charge on any atom is -0.379 e. The van der Waals surface area contributed by atoms with E-state index in [1.54, 1.807) is 11.3 Å². The van der Waals surface area contributed by atoms with Gasteiger partial charge in [0.25, 0.3) is 0 Å². The largest absolute Gasteiger partial charge is 0.379 e. The Bertz CT molecular complexity index is 623. The Hall–Kier alpha value is -1.73. The monoisotopic (exact) mass is 331 g/mol. The van der Waals surface area contributed by atoms with Gasteiger partial charge in [-0.2, -0.15) is 0 Å². The quantitative estimate of drug-likeness (QED) is 0.839. The minimum atomic E-state index is 0.149. The average Bonchev–Trinajstić information content (AvgIpc) is 3.06. The van der Waals surface area contributed by atoms with Crippen LogP contribution < -0.4 is 9.80 Å². The van der Waals surface area contributed by atoms with E-state index >= 15 is 0 Å². The van der Waals surface area contributed by atoms with Crippen LogP contribution in [0.15, 0.2) is 30.0 Å². The predicted molar refractivity (Wildman–Crippen MR) is 91.1 cm³/mol. The van der Waals surface area contributed by atoms with Gasteiger partial charge >= 0.3 is 0 Å². The van der Waals surface area contributed by atoms with Crippen LogP contribution in [-0.2, 0) is 4.74 Å². The highest BCUT2D eigenvalue weighted by atomic mass is 32.1. The zero-order valence-corrected chi connectivity index (χ0v) is 13.9. The summed E-state index contributed by atoms with van der Waals surface area (Å²) in [5.74, 6) is 0. The van der Waals surface area contributed by atoms with Crippen molar-refractivity contribution in [1.82, 2.24) is 15.2 Å². The van der Waals surface area contributed by atoms with Crippen molar-refractivity contribution >= 4 is 22.2 Å². The van der Waals surface area contributed by atoms with Crippen LogP contribution in [0.25, 0.3) is 0 Å². The standard InChI is InChI=1S/C16H21N5OS/c1-3-14(9-17-5-1)20-7-8-22-12-16(10-20)4-2-6-21(11-16)15-19-18-13-23-15/h1,3,5,9,13H,2,4,6-8,10-12H2/t16-/m1/s1. The molecule has 0 N–H and O–H groups in total. The Morgan fingerprint density at radius 2 is 2.17 bits per heavy atom. The molecule has 2 fully saturated rings. The van der Waals surface area contributed by atoms with E-state index in [4.69, 9.17) is 4.74 Å². The summed E-state index contributed by atoms with van der Waals surface area (Å²) in [7, 11) is 0. The van der Waals surface area contributed by atoms with Gasteiger partial charge in [-0.3, -0.25) is 4.98 Å². The molecule has 2 aromatic heterocycles. The lowest BCUT2D eigenvalue weighted by Gasteiger charge is -2.43. The van der Waals surface area contributed by atoms with Crippen LogP contribution >= 0.6 is 11.3 Å². The molecule has 1 spiro atoms. The molecule has 4 heterocycles. The summed E-state index contributed by atoms with van der Waals surface area (Å²) in [6, 6.07) is 4.14. The van der Waals surface area contributed by atoms with Crippen LogP contribution in [0.3, 0.4) is 0 Å². The van der Waals surface area contributed by atoms with Gasteiger partial charge in [-0.25, -0.2) is 0 Å². The Morgan fingerprint density at radius 3 is 3.00 bits per heavy atom. The number of rotatable bonds is 2. The maximum Gasteiger partial charge on any atom is 0.208 e. The van der Waals surface area contributed by atoms with Crippen molar-refractivity contribution in [2.24, 2.45) is 5.41 Å². The number of anilines is 2. The molecule has 2 aliphatic rings. The fourth-order valence-corrected chi connectivity index (χ4v) is 4.27. The van der Waals surface area contributed by atoms with Crippen molar-refractivity contribution in [3.8, 4) is 0 Å². The van der Waals surface area contributed by atoms with Crippen molar-refractivity contribution in [3.63, 3.8) is 0 Å². The molecule has 2 aliphatic heterocycles. The number of nitrogens with zero attached hydrogens (tertiary/aromatic N) is 5. The summed E-state index contributed by atoms with van der Waals surface area (Å²) in [5, 5.41) is 9.27. The van der Waals surface area contributed by atoms with Gasteiger partial charge in [-0.15, -0.1) is 10.2 Å². The summed E-state index contributed by atoms with van der Waals surface area (Å²) < 4.78 is 5.98. The number of hydrogen-bond acceptors (Lipinski definition) is 7. The van der Waals surface area contributed by atoms with E-state index in [-0.39, 0.29) is 5.41 Å². The maximum absolute atomic E-state index is 5.98. The Kier molecular flexibility index (Phi) is 4.13.